The van der Waals surface area contributed by atoms with Crippen molar-refractivity contribution in [3.63, 3.8) is 0 Å². The number of rotatable bonds is 12. The van der Waals surface area contributed by atoms with Crippen molar-refractivity contribution >= 4 is 28.6 Å². The minimum absolute atomic E-state index is 0.0143. The Balaban J connectivity index is 1.43. The van der Waals surface area contributed by atoms with Gasteiger partial charge in [-0.05, 0) is 50.6 Å². The molecule has 3 aromatic rings. The van der Waals surface area contributed by atoms with Gasteiger partial charge in [0.15, 0.2) is 5.65 Å². The molecule has 3 heterocycles. The molecule has 10 heteroatoms. The maximum absolute atomic E-state index is 14.0. The lowest BCUT2D eigenvalue weighted by Gasteiger charge is -2.25. The summed E-state index contributed by atoms with van der Waals surface area (Å²) in [5, 5.41) is 20.9. The summed E-state index contributed by atoms with van der Waals surface area (Å²) < 4.78 is 19.5. The van der Waals surface area contributed by atoms with Gasteiger partial charge in [-0.3, -0.25) is 14.7 Å². The normalized spacial score (nSPS) is 13.4. The molecule has 0 bridgehead atoms. The van der Waals surface area contributed by atoms with E-state index in [1.54, 1.807) is 13.2 Å². The summed E-state index contributed by atoms with van der Waals surface area (Å²) in [5.74, 6) is -1.64. The van der Waals surface area contributed by atoms with Crippen molar-refractivity contribution in [3.05, 3.63) is 65.0 Å². The monoisotopic (exact) mass is 476 g/mol. The molecule has 0 saturated carbocycles. The van der Waals surface area contributed by atoms with Crippen LogP contribution in [-0.4, -0.2) is 68.4 Å². The Hall–Kier alpha value is -2.72. The van der Waals surface area contributed by atoms with E-state index in [9.17, 15) is 19.4 Å². The number of aromatic nitrogens is 3. The van der Waals surface area contributed by atoms with Crippen molar-refractivity contribution in [1.82, 2.24) is 19.9 Å². The zero-order valence-electron chi connectivity index (χ0n) is 18.2. The van der Waals surface area contributed by atoms with E-state index in [4.69, 9.17) is 16.3 Å². The molecule has 0 amide bonds. The fourth-order valence-corrected chi connectivity index (χ4v) is 3.63. The number of aliphatic carboxylic acids is 1. The van der Waals surface area contributed by atoms with E-state index < -0.39 is 23.9 Å². The predicted octanol–water partition coefficient (Wildman–Crippen LogP) is 3.10. The largest absolute Gasteiger partial charge is 0.480 e. The maximum atomic E-state index is 14.0. The second-order valence-corrected chi connectivity index (χ2v) is 8.17. The van der Waals surface area contributed by atoms with E-state index in [0.29, 0.717) is 18.5 Å². The Morgan fingerprint density at radius 3 is 2.85 bits per heavy atom. The summed E-state index contributed by atoms with van der Waals surface area (Å²) in [7, 11) is 1.58. The number of aryl methyl sites for hydroxylation is 1. The highest BCUT2D eigenvalue weighted by atomic mass is 35.5. The first-order chi connectivity index (χ1) is 15.8. The van der Waals surface area contributed by atoms with E-state index in [1.807, 2.05) is 24.3 Å². The molecule has 0 aliphatic heterocycles. The highest BCUT2D eigenvalue weighted by molar-refractivity contribution is 6.31. The molecular formula is C23H26ClFN4O4. The molecular weight excluding hydrogens is 451 g/mol. The molecule has 0 spiro atoms. The van der Waals surface area contributed by atoms with Crippen molar-refractivity contribution in [2.24, 2.45) is 0 Å². The van der Waals surface area contributed by atoms with Crippen LogP contribution in [0.2, 0.25) is 5.02 Å². The SMILES string of the molecule is CN(Cc1c(F)cncc1Cl)[C@@H](CCOC[C@@H](O)CCc1ccc2cccnc2n1)C(=O)O. The Kier molecular flexibility index (Phi) is 9.02. The third-order valence-corrected chi connectivity index (χ3v) is 5.60. The third kappa shape index (κ3) is 7.13. The highest BCUT2D eigenvalue weighted by Gasteiger charge is 2.24. The van der Waals surface area contributed by atoms with Crippen LogP contribution < -0.4 is 0 Å². The van der Waals surface area contributed by atoms with Gasteiger partial charge >= 0.3 is 5.97 Å². The highest BCUT2D eigenvalue weighted by Crippen LogP contribution is 2.20. The van der Waals surface area contributed by atoms with E-state index in [-0.39, 0.29) is 36.8 Å². The smallest absolute Gasteiger partial charge is 0.321 e. The Labute approximate surface area is 196 Å². The number of aliphatic hydroxyl groups is 1. The lowest BCUT2D eigenvalue weighted by molar-refractivity contribution is -0.143. The number of hydrogen-bond donors (Lipinski definition) is 2. The Morgan fingerprint density at radius 1 is 1.27 bits per heavy atom. The molecule has 3 rings (SSSR count). The van der Waals surface area contributed by atoms with Crippen molar-refractivity contribution < 1.29 is 24.1 Å². The second-order valence-electron chi connectivity index (χ2n) is 7.76. The number of ether oxygens (including phenoxy) is 1. The van der Waals surface area contributed by atoms with Crippen LogP contribution >= 0.6 is 11.6 Å². The molecule has 2 atom stereocenters. The fourth-order valence-electron chi connectivity index (χ4n) is 3.42. The van der Waals surface area contributed by atoms with Crippen molar-refractivity contribution in [2.75, 3.05) is 20.3 Å². The van der Waals surface area contributed by atoms with Gasteiger partial charge < -0.3 is 14.9 Å². The van der Waals surface area contributed by atoms with E-state index in [0.717, 1.165) is 17.3 Å². The zero-order chi connectivity index (χ0) is 23.8. The average molecular weight is 477 g/mol. The second kappa shape index (κ2) is 11.9. The molecule has 0 aliphatic carbocycles. The summed E-state index contributed by atoms with van der Waals surface area (Å²) in [4.78, 5) is 25.5. The fraction of sp³-hybridized carbons (Fsp3) is 0.391. The number of likely N-dealkylation sites (N-methyl/N-ethyl adjacent to an activating group) is 1. The number of carboxylic acids is 1. The standard InChI is InChI=1S/C23H26ClFN4O4/c1-29(13-18-19(24)11-26-12-20(18)25)21(23(31)32)8-10-33-14-17(30)7-6-16-5-4-15-3-2-9-27-22(15)28-16/h2-5,9,11-12,17,21,30H,6-8,10,13-14H2,1H3,(H,31,32)/t17-,21-/m0/s1. The molecule has 8 nitrogen and oxygen atoms in total. The number of aliphatic hydroxyl groups excluding tert-OH is 1. The molecule has 3 aromatic heterocycles. The van der Waals surface area contributed by atoms with Crippen LogP contribution in [-0.2, 0) is 22.5 Å². The Morgan fingerprint density at radius 2 is 2.09 bits per heavy atom. The number of pyridine rings is 3. The lowest BCUT2D eigenvalue weighted by atomic mass is 10.1. The number of hydrogen-bond acceptors (Lipinski definition) is 7. The molecule has 176 valence electrons. The molecule has 0 radical (unpaired) electrons. The van der Waals surface area contributed by atoms with Crippen LogP contribution in [0.4, 0.5) is 4.39 Å². The number of carboxylic acid groups (broad SMARTS) is 1. The first-order valence-corrected chi connectivity index (χ1v) is 10.9. The maximum Gasteiger partial charge on any atom is 0.321 e. The van der Waals surface area contributed by atoms with Crippen LogP contribution in [0.1, 0.15) is 24.1 Å². The van der Waals surface area contributed by atoms with Gasteiger partial charge in [0.05, 0.1) is 23.9 Å². The van der Waals surface area contributed by atoms with E-state index >= 15 is 0 Å². The summed E-state index contributed by atoms with van der Waals surface area (Å²) in [6, 6.07) is 6.74. The molecule has 0 fully saturated rings. The average Bonchev–Trinajstić information content (AvgIpc) is 2.79. The van der Waals surface area contributed by atoms with Crippen LogP contribution in [0.5, 0.6) is 0 Å². The minimum atomic E-state index is -1.05. The van der Waals surface area contributed by atoms with Crippen molar-refractivity contribution in [3.8, 4) is 0 Å². The molecule has 2 N–H and O–H groups in total. The number of halogens is 2. The molecule has 33 heavy (non-hydrogen) atoms. The third-order valence-electron chi connectivity index (χ3n) is 5.28. The Bertz CT molecular complexity index is 1070. The van der Waals surface area contributed by atoms with Crippen LogP contribution in [0.25, 0.3) is 11.0 Å². The number of nitrogens with zero attached hydrogens (tertiary/aromatic N) is 4. The molecule has 0 aromatic carbocycles. The molecule has 0 aliphatic rings. The van der Waals surface area contributed by atoms with Gasteiger partial charge in [0.2, 0.25) is 0 Å². The summed E-state index contributed by atoms with van der Waals surface area (Å²) in [6.45, 7) is 0.218. The number of carbonyl (C=O) groups is 1. The zero-order valence-corrected chi connectivity index (χ0v) is 19.0. The number of fused-ring (bicyclic) bond motifs is 1. The van der Waals surface area contributed by atoms with Gasteiger partial charge in [0, 0.05) is 42.2 Å². The first-order valence-electron chi connectivity index (χ1n) is 10.5. The molecule has 0 unspecified atom stereocenters. The van der Waals surface area contributed by atoms with E-state index in [2.05, 4.69) is 15.0 Å². The summed E-state index contributed by atoms with van der Waals surface area (Å²) in [6.07, 6.45) is 4.52. The summed E-state index contributed by atoms with van der Waals surface area (Å²) in [5.41, 5.74) is 1.68. The van der Waals surface area contributed by atoms with Crippen LogP contribution in [0.3, 0.4) is 0 Å². The molecule has 0 saturated heterocycles. The van der Waals surface area contributed by atoms with Crippen molar-refractivity contribution in [2.45, 2.75) is 38.0 Å². The predicted molar refractivity (Wildman–Crippen MR) is 121 cm³/mol. The van der Waals surface area contributed by atoms with Crippen LogP contribution in [0.15, 0.2) is 42.9 Å². The van der Waals surface area contributed by atoms with Gasteiger partial charge in [-0.1, -0.05) is 11.6 Å². The van der Waals surface area contributed by atoms with Gasteiger partial charge in [-0.2, -0.15) is 0 Å². The quantitative estimate of drug-likeness (QED) is 0.384. The van der Waals surface area contributed by atoms with Gasteiger partial charge in [-0.25, -0.2) is 14.4 Å². The first kappa shape index (κ1) is 24.9. The lowest BCUT2D eigenvalue weighted by Crippen LogP contribution is -2.39. The van der Waals surface area contributed by atoms with Gasteiger partial charge in [0.1, 0.15) is 11.9 Å². The minimum Gasteiger partial charge on any atom is -0.480 e. The van der Waals surface area contributed by atoms with Crippen molar-refractivity contribution in [1.29, 1.82) is 0 Å². The van der Waals surface area contributed by atoms with Gasteiger partial charge in [0.25, 0.3) is 0 Å². The van der Waals surface area contributed by atoms with E-state index in [1.165, 1.54) is 11.1 Å². The summed E-state index contributed by atoms with van der Waals surface area (Å²) >= 11 is 5.99. The van der Waals surface area contributed by atoms with Gasteiger partial charge in [-0.15, -0.1) is 0 Å². The topological polar surface area (TPSA) is 109 Å². The van der Waals surface area contributed by atoms with Crippen LogP contribution in [0, 0.1) is 5.82 Å².